The van der Waals surface area contributed by atoms with Crippen LogP contribution in [-0.2, 0) is 4.74 Å². The van der Waals surface area contributed by atoms with Crippen LogP contribution < -0.4 is 19.5 Å². The molecule has 1 aromatic carbocycles. The second-order valence-electron chi connectivity index (χ2n) is 6.48. The minimum Gasteiger partial charge on any atom is -0.490 e. The van der Waals surface area contributed by atoms with Crippen molar-refractivity contribution in [3.63, 3.8) is 0 Å². The van der Waals surface area contributed by atoms with Gasteiger partial charge in [0.2, 0.25) is 5.75 Å². The van der Waals surface area contributed by atoms with Crippen LogP contribution >= 0.6 is 22.7 Å². The maximum atomic E-state index is 13.0. The smallest absolute Gasteiger partial charge is 0.348 e. The van der Waals surface area contributed by atoms with Gasteiger partial charge in [-0.05, 0) is 52.3 Å². The summed E-state index contributed by atoms with van der Waals surface area (Å²) in [6.45, 7) is 10.8. The summed E-state index contributed by atoms with van der Waals surface area (Å²) < 4.78 is 23.0. The number of benzene rings is 1. The Bertz CT molecular complexity index is 1090. The summed E-state index contributed by atoms with van der Waals surface area (Å²) in [6, 6.07) is 3.26. The van der Waals surface area contributed by atoms with Crippen molar-refractivity contribution in [1.29, 1.82) is 0 Å². The highest BCUT2D eigenvalue weighted by Crippen LogP contribution is 2.40. The van der Waals surface area contributed by atoms with E-state index in [1.807, 2.05) is 27.7 Å². The highest BCUT2D eigenvalue weighted by atomic mass is 32.1. The number of hydrogen-bond acceptors (Lipinski definition) is 9. The van der Waals surface area contributed by atoms with Crippen LogP contribution in [0.4, 0.5) is 5.13 Å². The number of esters is 1. The van der Waals surface area contributed by atoms with Gasteiger partial charge in [0.1, 0.15) is 9.71 Å². The van der Waals surface area contributed by atoms with E-state index in [0.717, 1.165) is 10.3 Å². The van der Waals surface area contributed by atoms with E-state index in [2.05, 4.69) is 10.3 Å². The topological polar surface area (TPSA) is 96.0 Å². The number of aryl methyl sites for hydroxylation is 1. The van der Waals surface area contributed by atoms with Crippen LogP contribution in [0.5, 0.6) is 17.2 Å². The molecule has 10 heteroatoms. The van der Waals surface area contributed by atoms with Crippen LogP contribution in [0.25, 0.3) is 9.53 Å². The van der Waals surface area contributed by atoms with Gasteiger partial charge in [0.25, 0.3) is 5.91 Å². The molecule has 0 bridgehead atoms. The third-order valence-corrected chi connectivity index (χ3v) is 6.71. The SMILES string of the molecule is CCOC(=O)c1sc2nc(NC(=O)c3cc(OCC)c(OCC)c(OCC)c3)sc2c1C. The molecule has 8 nitrogen and oxygen atoms in total. The predicted molar refractivity (Wildman–Crippen MR) is 126 cm³/mol. The molecule has 0 radical (unpaired) electrons. The molecule has 0 aliphatic rings. The van der Waals surface area contributed by atoms with E-state index in [0.29, 0.717) is 64.1 Å². The Balaban J connectivity index is 1.89. The first-order chi connectivity index (χ1) is 15.4. The molecule has 2 heterocycles. The van der Waals surface area contributed by atoms with Gasteiger partial charge >= 0.3 is 5.97 Å². The Hall–Kier alpha value is -2.85. The number of amides is 1. The fourth-order valence-corrected chi connectivity index (χ4v) is 5.23. The van der Waals surface area contributed by atoms with Crippen LogP contribution in [0.1, 0.15) is 53.3 Å². The first-order valence-electron chi connectivity index (χ1n) is 10.4. The molecule has 1 amide bonds. The third kappa shape index (κ3) is 4.97. The monoisotopic (exact) mass is 478 g/mol. The summed E-state index contributed by atoms with van der Waals surface area (Å²) in [6.07, 6.45) is 0. The zero-order valence-electron chi connectivity index (χ0n) is 18.7. The molecule has 0 saturated heterocycles. The van der Waals surface area contributed by atoms with Crippen LogP contribution in [0.2, 0.25) is 0 Å². The Morgan fingerprint density at radius 2 is 1.56 bits per heavy atom. The lowest BCUT2D eigenvalue weighted by molar-refractivity contribution is 0.0531. The zero-order valence-corrected chi connectivity index (χ0v) is 20.3. The molecule has 0 aliphatic carbocycles. The van der Waals surface area contributed by atoms with E-state index in [1.54, 1.807) is 19.1 Å². The van der Waals surface area contributed by atoms with Crippen LogP contribution in [0.3, 0.4) is 0 Å². The highest BCUT2D eigenvalue weighted by Gasteiger charge is 2.22. The van der Waals surface area contributed by atoms with Crippen LogP contribution in [0, 0.1) is 6.92 Å². The fourth-order valence-electron chi connectivity index (χ4n) is 3.02. The fraction of sp³-hybridized carbons (Fsp3) is 0.409. The second-order valence-corrected chi connectivity index (χ2v) is 8.48. The average Bonchev–Trinajstić information content (AvgIpc) is 3.29. The molecule has 32 heavy (non-hydrogen) atoms. The predicted octanol–water partition coefficient (Wildman–Crippen LogP) is 5.29. The van der Waals surface area contributed by atoms with Crippen molar-refractivity contribution in [2.75, 3.05) is 31.7 Å². The summed E-state index contributed by atoms with van der Waals surface area (Å²) in [5.74, 6) is 0.664. The summed E-state index contributed by atoms with van der Waals surface area (Å²) in [5, 5.41) is 3.28. The van der Waals surface area contributed by atoms with Crippen molar-refractivity contribution in [1.82, 2.24) is 4.98 Å². The number of ether oxygens (including phenoxy) is 4. The number of aromatic nitrogens is 1. The van der Waals surface area contributed by atoms with E-state index in [1.165, 1.54) is 22.7 Å². The number of anilines is 1. The molecular formula is C22H26N2O6S2. The number of nitrogens with zero attached hydrogens (tertiary/aromatic N) is 1. The Kier molecular flexibility index (Phi) is 7.92. The van der Waals surface area contributed by atoms with Gasteiger partial charge in [-0.2, -0.15) is 0 Å². The Morgan fingerprint density at radius 3 is 2.09 bits per heavy atom. The maximum Gasteiger partial charge on any atom is 0.348 e. The summed E-state index contributed by atoms with van der Waals surface area (Å²) >= 11 is 2.57. The van der Waals surface area contributed by atoms with Gasteiger partial charge in [-0.3, -0.25) is 10.1 Å². The van der Waals surface area contributed by atoms with Crippen molar-refractivity contribution in [3.05, 3.63) is 28.1 Å². The first-order valence-corrected chi connectivity index (χ1v) is 12.0. The standard InChI is InChI=1S/C22H26N2O6S2/c1-6-27-14-10-13(11-15(28-7-2)16(14)29-8-3)19(25)23-22-24-20-17(32-22)12(5)18(31-20)21(26)30-9-4/h10-11H,6-9H2,1-5H3,(H,23,24,25). The molecule has 3 rings (SSSR count). The van der Waals surface area contributed by atoms with Crippen molar-refractivity contribution < 1.29 is 28.5 Å². The Labute approximate surface area is 194 Å². The minimum atomic E-state index is -0.355. The molecular weight excluding hydrogens is 452 g/mol. The lowest BCUT2D eigenvalue weighted by atomic mass is 10.1. The van der Waals surface area contributed by atoms with E-state index in [4.69, 9.17) is 18.9 Å². The van der Waals surface area contributed by atoms with Gasteiger partial charge in [0.05, 0.1) is 31.1 Å². The molecule has 0 fully saturated rings. The highest BCUT2D eigenvalue weighted by molar-refractivity contribution is 7.30. The zero-order chi connectivity index (χ0) is 23.3. The number of hydrogen-bond donors (Lipinski definition) is 1. The lowest BCUT2D eigenvalue weighted by Gasteiger charge is -2.16. The number of thiophene rings is 1. The lowest BCUT2D eigenvalue weighted by Crippen LogP contribution is -2.13. The number of thiazole rings is 1. The van der Waals surface area contributed by atoms with Crippen LogP contribution in [-0.4, -0.2) is 43.3 Å². The quantitative estimate of drug-likeness (QED) is 0.395. The second kappa shape index (κ2) is 10.6. The van der Waals surface area contributed by atoms with Gasteiger partial charge < -0.3 is 18.9 Å². The number of carbonyl (C=O) groups excluding carboxylic acids is 2. The maximum absolute atomic E-state index is 13.0. The van der Waals surface area contributed by atoms with E-state index >= 15 is 0 Å². The van der Waals surface area contributed by atoms with Gasteiger partial charge in [0.15, 0.2) is 16.6 Å². The molecule has 0 spiro atoms. The van der Waals surface area contributed by atoms with E-state index in [-0.39, 0.29) is 11.9 Å². The Morgan fingerprint density at radius 1 is 0.938 bits per heavy atom. The normalized spacial score (nSPS) is 10.8. The average molecular weight is 479 g/mol. The molecule has 3 aromatic rings. The number of carbonyl (C=O) groups is 2. The van der Waals surface area contributed by atoms with Crippen molar-refractivity contribution >= 4 is 49.2 Å². The van der Waals surface area contributed by atoms with Gasteiger partial charge in [-0.25, -0.2) is 9.78 Å². The van der Waals surface area contributed by atoms with Crippen molar-refractivity contribution in [2.45, 2.75) is 34.6 Å². The van der Waals surface area contributed by atoms with E-state index < -0.39 is 0 Å². The molecule has 1 N–H and O–H groups in total. The third-order valence-electron chi connectivity index (χ3n) is 4.33. The number of rotatable bonds is 10. The van der Waals surface area contributed by atoms with Gasteiger partial charge in [0, 0.05) is 5.56 Å². The number of nitrogens with one attached hydrogen (secondary N) is 1. The molecule has 0 aliphatic heterocycles. The van der Waals surface area contributed by atoms with Crippen molar-refractivity contribution in [2.24, 2.45) is 0 Å². The van der Waals surface area contributed by atoms with Crippen molar-refractivity contribution in [3.8, 4) is 17.2 Å². The first kappa shape index (κ1) is 23.8. The van der Waals surface area contributed by atoms with E-state index in [9.17, 15) is 9.59 Å². The molecule has 0 saturated carbocycles. The van der Waals surface area contributed by atoms with Gasteiger partial charge in [-0.1, -0.05) is 11.3 Å². The van der Waals surface area contributed by atoms with Crippen LogP contribution in [0.15, 0.2) is 12.1 Å². The molecule has 172 valence electrons. The summed E-state index contributed by atoms with van der Waals surface area (Å²) in [5.41, 5.74) is 1.17. The van der Waals surface area contributed by atoms with Gasteiger partial charge in [-0.15, -0.1) is 11.3 Å². The molecule has 0 atom stereocenters. The summed E-state index contributed by atoms with van der Waals surface area (Å²) in [4.78, 5) is 30.8. The summed E-state index contributed by atoms with van der Waals surface area (Å²) in [7, 11) is 0. The minimum absolute atomic E-state index is 0.314. The largest absolute Gasteiger partial charge is 0.490 e. The molecule has 0 unspecified atom stereocenters. The molecule has 2 aromatic heterocycles. The number of fused-ring (bicyclic) bond motifs is 1.